The molecule has 0 aromatic heterocycles. The Hall–Kier alpha value is -3.82. The summed E-state index contributed by atoms with van der Waals surface area (Å²) in [5.74, 6) is -0.601. The van der Waals surface area contributed by atoms with Gasteiger partial charge >= 0.3 is 0 Å². The monoisotopic (exact) mass is 569 g/mol. The van der Waals surface area contributed by atoms with Crippen molar-refractivity contribution in [3.05, 3.63) is 77.3 Å². The minimum atomic E-state index is -4.19. The summed E-state index contributed by atoms with van der Waals surface area (Å²) in [7, 11) is -2.69. The van der Waals surface area contributed by atoms with E-state index in [1.807, 2.05) is 36.5 Å². The van der Waals surface area contributed by atoms with Gasteiger partial charge in [0.05, 0.1) is 11.6 Å². The van der Waals surface area contributed by atoms with Gasteiger partial charge in [0.1, 0.15) is 28.6 Å². The predicted molar refractivity (Wildman–Crippen MR) is 148 cm³/mol. The lowest BCUT2D eigenvalue weighted by Gasteiger charge is -2.24. The molecule has 12 heteroatoms. The maximum Gasteiger partial charge on any atom is 0.248 e. The number of hydrogen-bond donors (Lipinski definition) is 2. The van der Waals surface area contributed by atoms with Crippen molar-refractivity contribution in [2.75, 3.05) is 25.2 Å². The summed E-state index contributed by atoms with van der Waals surface area (Å²) in [6.07, 6.45) is 3.24. The first-order valence-electron chi connectivity index (χ1n) is 12.1. The number of halogens is 1. The fraction of sp³-hybridized carbons (Fsp3) is 0.259. The highest BCUT2D eigenvalue weighted by molar-refractivity contribution is 7.89. The highest BCUT2D eigenvalue weighted by Crippen LogP contribution is 2.41. The average Bonchev–Trinajstić information content (AvgIpc) is 3.40. The number of ether oxygens (including phenoxy) is 2. The van der Waals surface area contributed by atoms with Crippen LogP contribution in [-0.4, -0.2) is 50.1 Å². The van der Waals surface area contributed by atoms with E-state index in [2.05, 4.69) is 4.99 Å². The second kappa shape index (κ2) is 12.4. The van der Waals surface area contributed by atoms with Crippen LogP contribution in [0.4, 0.5) is 11.4 Å². The maximum absolute atomic E-state index is 13.5. The summed E-state index contributed by atoms with van der Waals surface area (Å²) < 4.78 is 39.4. The van der Waals surface area contributed by atoms with Crippen LogP contribution >= 0.6 is 11.6 Å². The number of phenolic OH excluding ortho intramolecular Hbond substituents is 1. The number of nitrogens with zero attached hydrogens (tertiary/aromatic N) is 4. The van der Waals surface area contributed by atoms with Gasteiger partial charge in [0.25, 0.3) is 0 Å². The molecule has 0 spiro atoms. The average molecular weight is 570 g/mol. The number of methoxy groups -OCH3 is 1. The Morgan fingerprint density at radius 1 is 1.21 bits per heavy atom. The van der Waals surface area contributed by atoms with Crippen molar-refractivity contribution < 1.29 is 23.0 Å². The lowest BCUT2D eigenvalue weighted by atomic mass is 10.2. The molecule has 1 fully saturated rings. The molecule has 3 N–H and O–H groups in total. The van der Waals surface area contributed by atoms with Gasteiger partial charge in [-0.2, -0.15) is 9.57 Å². The fourth-order valence-corrected chi connectivity index (χ4v) is 6.65. The Bertz CT molecular complexity index is 1490. The van der Waals surface area contributed by atoms with Crippen molar-refractivity contribution >= 4 is 39.0 Å². The third-order valence-electron chi connectivity index (χ3n) is 6.22. The molecule has 3 aromatic carbocycles. The van der Waals surface area contributed by atoms with E-state index >= 15 is 0 Å². The molecule has 204 valence electrons. The highest BCUT2D eigenvalue weighted by atomic mass is 35.5. The first-order valence-corrected chi connectivity index (χ1v) is 13.9. The van der Waals surface area contributed by atoms with Crippen LogP contribution in [0.2, 0.25) is 5.02 Å². The SMILES string of the molecule is COC[C@@H]1CCCN1S(=O)(=O)c1c(Cl)ccc(N=C(N)N(C#N)c2ccccc2OCc2ccccc2)c1O. The number of aliphatic imine (C=N–C) groups is 1. The topological polar surface area (TPSA) is 141 Å². The zero-order valence-electron chi connectivity index (χ0n) is 21.2. The number of nitriles is 1. The number of hydrogen-bond acceptors (Lipinski definition) is 7. The molecule has 1 heterocycles. The highest BCUT2D eigenvalue weighted by Gasteiger charge is 2.38. The Balaban J connectivity index is 1.66. The van der Waals surface area contributed by atoms with Crippen molar-refractivity contribution in [2.45, 2.75) is 30.4 Å². The van der Waals surface area contributed by atoms with Crippen LogP contribution < -0.4 is 15.4 Å². The van der Waals surface area contributed by atoms with E-state index in [-0.39, 0.29) is 42.5 Å². The molecule has 0 saturated carbocycles. The number of nitrogens with two attached hydrogens (primary N) is 1. The van der Waals surface area contributed by atoms with Gasteiger partial charge in [-0.1, -0.05) is 54.1 Å². The molecule has 1 aliphatic rings. The first kappa shape index (κ1) is 28.2. The second-order valence-corrected chi connectivity index (χ2v) is 11.0. The molecule has 0 bridgehead atoms. The lowest BCUT2D eigenvalue weighted by Crippen LogP contribution is -2.38. The van der Waals surface area contributed by atoms with Crippen molar-refractivity contribution in [1.29, 1.82) is 5.26 Å². The zero-order chi connectivity index (χ0) is 28.0. The van der Waals surface area contributed by atoms with E-state index in [4.69, 9.17) is 26.8 Å². The first-order chi connectivity index (χ1) is 18.8. The van der Waals surface area contributed by atoms with Crippen LogP contribution in [-0.2, 0) is 21.4 Å². The largest absolute Gasteiger partial charge is 0.504 e. The lowest BCUT2D eigenvalue weighted by molar-refractivity contribution is 0.149. The van der Waals surface area contributed by atoms with Crippen LogP contribution in [0.3, 0.4) is 0 Å². The van der Waals surface area contributed by atoms with Crippen LogP contribution in [0.5, 0.6) is 11.5 Å². The molecule has 10 nitrogen and oxygen atoms in total. The standard InChI is InChI=1S/C27H28ClN5O5S/c1-37-17-20-10-7-15-33(20)39(35,36)26-21(28)13-14-22(25(26)34)31-27(30)32(18-29)23-11-5-6-12-24(23)38-16-19-8-3-2-4-9-19/h2-6,8-9,11-14,20,34H,7,10,15-17H2,1H3,(H2,30,31)/t20-/m0/s1. The number of benzene rings is 3. The summed E-state index contributed by atoms with van der Waals surface area (Å²) in [6.45, 7) is 0.739. The van der Waals surface area contributed by atoms with E-state index in [0.29, 0.717) is 24.3 Å². The van der Waals surface area contributed by atoms with Crippen molar-refractivity contribution in [3.63, 3.8) is 0 Å². The minimum Gasteiger partial charge on any atom is -0.504 e. The second-order valence-electron chi connectivity index (χ2n) is 8.76. The number of guanidine groups is 1. The molecule has 1 aliphatic heterocycles. The van der Waals surface area contributed by atoms with Crippen LogP contribution in [0.15, 0.2) is 76.6 Å². The quantitative estimate of drug-likeness (QED) is 0.167. The van der Waals surface area contributed by atoms with Crippen LogP contribution in [0.25, 0.3) is 0 Å². The molecular formula is C27H28ClN5O5S. The normalized spacial score (nSPS) is 16.1. The molecule has 0 aliphatic carbocycles. The predicted octanol–water partition coefficient (Wildman–Crippen LogP) is 4.36. The number of anilines is 1. The van der Waals surface area contributed by atoms with Gasteiger partial charge in [-0.15, -0.1) is 0 Å². The van der Waals surface area contributed by atoms with E-state index < -0.39 is 20.7 Å². The minimum absolute atomic E-state index is 0.162. The van der Waals surface area contributed by atoms with Gasteiger partial charge < -0.3 is 20.3 Å². The van der Waals surface area contributed by atoms with Gasteiger partial charge in [0.2, 0.25) is 16.0 Å². The van der Waals surface area contributed by atoms with E-state index in [9.17, 15) is 18.8 Å². The van der Waals surface area contributed by atoms with E-state index in [1.165, 1.54) is 23.5 Å². The van der Waals surface area contributed by atoms with Gasteiger partial charge in [-0.05, 0) is 42.7 Å². The van der Waals surface area contributed by atoms with E-state index in [1.54, 1.807) is 24.3 Å². The maximum atomic E-state index is 13.5. The summed E-state index contributed by atoms with van der Waals surface area (Å²) in [5, 5.41) is 20.8. The number of rotatable bonds is 9. The molecule has 0 amide bonds. The van der Waals surface area contributed by atoms with Crippen molar-refractivity contribution in [1.82, 2.24) is 4.31 Å². The molecular weight excluding hydrogens is 542 g/mol. The number of para-hydroxylation sites is 2. The van der Waals surface area contributed by atoms with E-state index in [0.717, 1.165) is 10.5 Å². The summed E-state index contributed by atoms with van der Waals surface area (Å²) in [6, 6.07) is 18.6. The summed E-state index contributed by atoms with van der Waals surface area (Å²) in [5.41, 5.74) is 7.28. The molecule has 1 atom stereocenters. The van der Waals surface area contributed by atoms with Gasteiger partial charge in [-0.25, -0.2) is 18.3 Å². The van der Waals surface area contributed by atoms with Crippen LogP contribution in [0.1, 0.15) is 18.4 Å². The van der Waals surface area contributed by atoms with Crippen LogP contribution in [0, 0.1) is 11.5 Å². The molecule has 0 unspecified atom stereocenters. The Kier molecular flexibility index (Phi) is 8.93. The van der Waals surface area contributed by atoms with Crippen molar-refractivity contribution in [3.8, 4) is 17.7 Å². The molecule has 0 radical (unpaired) electrons. The Morgan fingerprint density at radius 2 is 1.92 bits per heavy atom. The molecule has 1 saturated heterocycles. The molecule has 4 rings (SSSR count). The molecule has 39 heavy (non-hydrogen) atoms. The van der Waals surface area contributed by atoms with Gasteiger partial charge in [-0.3, -0.25) is 0 Å². The smallest absolute Gasteiger partial charge is 0.248 e. The number of sulfonamides is 1. The molecule has 3 aromatic rings. The van der Waals surface area contributed by atoms with Crippen molar-refractivity contribution in [2.24, 2.45) is 10.7 Å². The van der Waals surface area contributed by atoms with Gasteiger partial charge in [0.15, 0.2) is 11.9 Å². The Labute approximate surface area is 232 Å². The number of aromatic hydroxyl groups is 1. The van der Waals surface area contributed by atoms with Gasteiger partial charge in [0, 0.05) is 19.7 Å². The Morgan fingerprint density at radius 3 is 2.64 bits per heavy atom. The third kappa shape index (κ3) is 6.10. The fourth-order valence-electron chi connectivity index (χ4n) is 4.37. The summed E-state index contributed by atoms with van der Waals surface area (Å²) >= 11 is 6.26. The third-order valence-corrected chi connectivity index (χ3v) is 8.67. The summed E-state index contributed by atoms with van der Waals surface area (Å²) in [4.78, 5) is 4.74. The number of phenols is 1. The zero-order valence-corrected chi connectivity index (χ0v) is 22.8.